The van der Waals surface area contributed by atoms with Gasteiger partial charge in [-0.05, 0) is 43.2 Å². The molecular weight excluding hydrogens is 238 g/mol. The van der Waals surface area contributed by atoms with Crippen LogP contribution < -0.4 is 10.5 Å². The van der Waals surface area contributed by atoms with E-state index >= 15 is 0 Å². The van der Waals surface area contributed by atoms with Gasteiger partial charge >= 0.3 is 0 Å². The zero-order valence-corrected chi connectivity index (χ0v) is 11.6. The van der Waals surface area contributed by atoms with Crippen LogP contribution in [0.4, 0.5) is 0 Å². The lowest BCUT2D eigenvalue weighted by atomic mass is 9.92. The minimum Gasteiger partial charge on any atom is -0.496 e. The number of rotatable bonds is 4. The summed E-state index contributed by atoms with van der Waals surface area (Å²) in [6.07, 6.45) is 1.66. The van der Waals surface area contributed by atoms with Crippen LogP contribution in [0.3, 0.4) is 0 Å². The summed E-state index contributed by atoms with van der Waals surface area (Å²) in [7, 11) is 1.68. The van der Waals surface area contributed by atoms with E-state index in [0.717, 1.165) is 17.0 Å². The van der Waals surface area contributed by atoms with E-state index in [-0.39, 0.29) is 5.92 Å². The third-order valence-corrected chi connectivity index (χ3v) is 3.41. The summed E-state index contributed by atoms with van der Waals surface area (Å²) in [4.78, 5) is 0. The molecule has 0 aliphatic heterocycles. The number of aryl methyl sites for hydroxylation is 2. The highest BCUT2D eigenvalue weighted by atomic mass is 16.5. The maximum absolute atomic E-state index is 5.93. The van der Waals surface area contributed by atoms with Crippen molar-refractivity contribution in [3.63, 3.8) is 0 Å². The summed E-state index contributed by atoms with van der Waals surface area (Å²) in [5.41, 5.74) is 10.3. The predicted molar refractivity (Wildman–Crippen MR) is 75.4 cm³/mol. The Bertz CT molecular complexity index is 555. The lowest BCUT2D eigenvalue weighted by Gasteiger charge is -2.19. The van der Waals surface area contributed by atoms with Crippen molar-refractivity contribution < 1.29 is 4.74 Å². The monoisotopic (exact) mass is 257 g/mol. The van der Waals surface area contributed by atoms with Crippen LogP contribution >= 0.6 is 0 Å². The molecule has 0 radical (unpaired) electrons. The van der Waals surface area contributed by atoms with Crippen LogP contribution in [-0.2, 0) is 0 Å². The first-order valence-electron chi connectivity index (χ1n) is 6.30. The minimum atomic E-state index is 0.00273. The highest BCUT2D eigenvalue weighted by molar-refractivity contribution is 5.46. The summed E-state index contributed by atoms with van der Waals surface area (Å²) in [5, 5.41) is 8.10. The summed E-state index contributed by atoms with van der Waals surface area (Å²) < 4.78 is 5.48. The van der Waals surface area contributed by atoms with Gasteiger partial charge in [0.15, 0.2) is 0 Å². The van der Waals surface area contributed by atoms with Crippen molar-refractivity contribution in [2.45, 2.75) is 19.8 Å². The molecule has 0 bridgehead atoms. The van der Waals surface area contributed by atoms with Gasteiger partial charge in [0.2, 0.25) is 0 Å². The molecule has 0 aliphatic rings. The second kappa shape index (κ2) is 5.80. The third-order valence-electron chi connectivity index (χ3n) is 3.41. The second-order valence-electron chi connectivity index (χ2n) is 4.62. The Balaban J connectivity index is 2.52. The molecule has 2 N–H and O–H groups in total. The number of hydrogen-bond donors (Lipinski definition) is 1. The van der Waals surface area contributed by atoms with Crippen LogP contribution in [0.25, 0.3) is 0 Å². The van der Waals surface area contributed by atoms with Crippen LogP contribution in [0, 0.1) is 13.8 Å². The molecule has 1 aromatic carbocycles. The van der Waals surface area contributed by atoms with Gasteiger partial charge in [-0.2, -0.15) is 10.2 Å². The van der Waals surface area contributed by atoms with E-state index in [2.05, 4.69) is 30.1 Å². The first kappa shape index (κ1) is 13.5. The van der Waals surface area contributed by atoms with Crippen LogP contribution in [0.5, 0.6) is 5.75 Å². The standard InChI is InChI=1S/C15H19N3O/c1-10-7-12(15(19-3)8-11(10)2)13(9-16)14-5-4-6-17-18-14/h4-8,13H,9,16H2,1-3H3. The number of aromatic nitrogens is 2. The molecule has 1 aromatic heterocycles. The fourth-order valence-electron chi connectivity index (χ4n) is 2.17. The van der Waals surface area contributed by atoms with Crippen LogP contribution in [0.15, 0.2) is 30.5 Å². The molecule has 4 heteroatoms. The normalized spacial score (nSPS) is 12.2. The molecule has 0 saturated carbocycles. The van der Waals surface area contributed by atoms with Crippen molar-refractivity contribution in [2.24, 2.45) is 5.73 Å². The fraction of sp³-hybridized carbons (Fsp3) is 0.333. The Morgan fingerprint density at radius 3 is 2.58 bits per heavy atom. The molecule has 4 nitrogen and oxygen atoms in total. The summed E-state index contributed by atoms with van der Waals surface area (Å²) in [5.74, 6) is 0.854. The van der Waals surface area contributed by atoms with Crippen molar-refractivity contribution in [1.29, 1.82) is 0 Å². The number of hydrogen-bond acceptors (Lipinski definition) is 4. The summed E-state index contributed by atoms with van der Waals surface area (Å²) in [6.45, 7) is 4.63. The summed E-state index contributed by atoms with van der Waals surface area (Å²) in [6, 6.07) is 7.99. The molecule has 2 aromatic rings. The maximum atomic E-state index is 5.93. The molecule has 1 heterocycles. The van der Waals surface area contributed by atoms with Gasteiger partial charge in [-0.1, -0.05) is 6.07 Å². The van der Waals surface area contributed by atoms with E-state index in [9.17, 15) is 0 Å². The lowest BCUT2D eigenvalue weighted by molar-refractivity contribution is 0.407. The van der Waals surface area contributed by atoms with Gasteiger partial charge in [-0.3, -0.25) is 0 Å². The maximum Gasteiger partial charge on any atom is 0.123 e. The van der Waals surface area contributed by atoms with Crippen molar-refractivity contribution in [2.75, 3.05) is 13.7 Å². The molecule has 1 unspecified atom stereocenters. The highest BCUT2D eigenvalue weighted by Crippen LogP contribution is 2.32. The number of methoxy groups -OCH3 is 1. The molecule has 1 atom stereocenters. The van der Waals surface area contributed by atoms with Gasteiger partial charge < -0.3 is 10.5 Å². The lowest BCUT2D eigenvalue weighted by Crippen LogP contribution is -2.16. The van der Waals surface area contributed by atoms with E-state index in [1.807, 2.05) is 18.2 Å². The van der Waals surface area contributed by atoms with Crippen molar-refractivity contribution in [3.05, 3.63) is 52.8 Å². The number of nitrogens with zero attached hydrogens (tertiary/aromatic N) is 2. The number of ether oxygens (including phenoxy) is 1. The molecule has 0 saturated heterocycles. The van der Waals surface area contributed by atoms with Gasteiger partial charge in [0, 0.05) is 24.2 Å². The Kier molecular flexibility index (Phi) is 4.12. The average Bonchev–Trinajstić information content (AvgIpc) is 2.44. The Morgan fingerprint density at radius 2 is 2.00 bits per heavy atom. The van der Waals surface area contributed by atoms with E-state index in [1.165, 1.54) is 11.1 Å². The quantitative estimate of drug-likeness (QED) is 0.912. The van der Waals surface area contributed by atoms with E-state index in [4.69, 9.17) is 10.5 Å². The molecule has 0 fully saturated rings. The molecule has 0 amide bonds. The van der Waals surface area contributed by atoms with Crippen LogP contribution in [0.1, 0.15) is 28.3 Å². The van der Waals surface area contributed by atoms with Crippen LogP contribution in [0.2, 0.25) is 0 Å². The van der Waals surface area contributed by atoms with Crippen LogP contribution in [-0.4, -0.2) is 23.9 Å². The Morgan fingerprint density at radius 1 is 1.26 bits per heavy atom. The summed E-state index contributed by atoms with van der Waals surface area (Å²) >= 11 is 0. The van der Waals surface area contributed by atoms with Gasteiger partial charge in [0.25, 0.3) is 0 Å². The first-order valence-corrected chi connectivity index (χ1v) is 6.30. The SMILES string of the molecule is COc1cc(C)c(C)cc1C(CN)c1cccnn1. The zero-order valence-electron chi connectivity index (χ0n) is 11.6. The zero-order chi connectivity index (χ0) is 13.8. The van der Waals surface area contributed by atoms with Gasteiger partial charge in [-0.15, -0.1) is 0 Å². The predicted octanol–water partition coefficient (Wildman–Crippen LogP) is 2.19. The van der Waals surface area contributed by atoms with E-state index < -0.39 is 0 Å². The van der Waals surface area contributed by atoms with Gasteiger partial charge in [0.05, 0.1) is 12.8 Å². The van der Waals surface area contributed by atoms with Crippen molar-refractivity contribution >= 4 is 0 Å². The molecule has 0 aliphatic carbocycles. The van der Waals surface area contributed by atoms with Gasteiger partial charge in [0.1, 0.15) is 5.75 Å². The fourth-order valence-corrected chi connectivity index (χ4v) is 2.17. The third kappa shape index (κ3) is 2.74. The largest absolute Gasteiger partial charge is 0.496 e. The Hall–Kier alpha value is -1.94. The van der Waals surface area contributed by atoms with Crippen molar-refractivity contribution in [1.82, 2.24) is 10.2 Å². The highest BCUT2D eigenvalue weighted by Gasteiger charge is 2.19. The van der Waals surface area contributed by atoms with E-state index in [1.54, 1.807) is 13.3 Å². The molecule has 100 valence electrons. The second-order valence-corrected chi connectivity index (χ2v) is 4.62. The molecular formula is C15H19N3O. The number of nitrogens with two attached hydrogens (primary N) is 1. The van der Waals surface area contributed by atoms with Gasteiger partial charge in [-0.25, -0.2) is 0 Å². The molecule has 0 spiro atoms. The van der Waals surface area contributed by atoms with E-state index in [0.29, 0.717) is 6.54 Å². The average molecular weight is 257 g/mol. The Labute approximate surface area is 113 Å². The smallest absolute Gasteiger partial charge is 0.123 e. The first-order chi connectivity index (χ1) is 9.17. The molecule has 19 heavy (non-hydrogen) atoms. The topological polar surface area (TPSA) is 61.0 Å². The minimum absolute atomic E-state index is 0.00273. The molecule has 2 rings (SSSR count). The number of benzene rings is 1. The van der Waals surface area contributed by atoms with Crippen molar-refractivity contribution in [3.8, 4) is 5.75 Å².